The van der Waals surface area contributed by atoms with E-state index < -0.39 is 17.6 Å². The zero-order valence-corrected chi connectivity index (χ0v) is 11.3. The first-order valence-corrected chi connectivity index (χ1v) is 6.46. The number of hydrogen-bond acceptors (Lipinski definition) is 5. The minimum Gasteiger partial charge on any atom is -0.481 e. The molecule has 0 radical (unpaired) electrons. The molecule has 10 heteroatoms. The van der Waals surface area contributed by atoms with Crippen LogP contribution in [0.2, 0.25) is 5.02 Å². The van der Waals surface area contributed by atoms with Crippen LogP contribution in [-0.4, -0.2) is 31.7 Å². The van der Waals surface area contributed by atoms with Crippen LogP contribution in [0.15, 0.2) is 17.3 Å². The van der Waals surface area contributed by atoms with Crippen molar-refractivity contribution in [2.24, 2.45) is 0 Å². The Morgan fingerprint density at radius 1 is 1.40 bits per heavy atom. The Balaban J connectivity index is 2.39. The lowest BCUT2D eigenvalue weighted by Gasteiger charge is -2.05. The smallest absolute Gasteiger partial charge is 0.313 e. The molecule has 0 amide bonds. The van der Waals surface area contributed by atoms with E-state index in [4.69, 9.17) is 22.6 Å². The molecule has 0 aliphatic rings. The molecule has 0 spiro atoms. The number of benzene rings is 1. The highest BCUT2D eigenvalue weighted by atomic mass is 35.5. The summed E-state index contributed by atoms with van der Waals surface area (Å²) >= 11 is 6.25. The fourth-order valence-corrected chi connectivity index (χ4v) is 2.11. The van der Waals surface area contributed by atoms with Gasteiger partial charge in [0.25, 0.3) is 0 Å². The lowest BCUT2D eigenvalue weighted by Crippen LogP contribution is -2.13. The molecule has 0 aliphatic carbocycles. The Bertz CT molecular complexity index is 680. The Morgan fingerprint density at radius 3 is 2.75 bits per heavy atom. The normalized spacial score (nSPS) is 10.8. The summed E-state index contributed by atoms with van der Waals surface area (Å²) in [5.74, 6) is 2.51. The summed E-state index contributed by atoms with van der Waals surface area (Å²) in [5, 5.41) is 15.5. The molecule has 20 heavy (non-hydrogen) atoms. The van der Waals surface area contributed by atoms with Crippen molar-refractivity contribution in [3.05, 3.63) is 28.8 Å². The molecule has 2 rings (SSSR count). The fraction of sp³-hybridized carbons (Fsp3) is 0.100. The molecule has 0 aliphatic heterocycles. The van der Waals surface area contributed by atoms with Crippen LogP contribution in [-0.2, 0) is 4.79 Å². The Morgan fingerprint density at radius 2 is 2.10 bits per heavy atom. The molecule has 0 unspecified atom stereocenters. The number of aliphatic carboxylic acids is 1. The highest BCUT2D eigenvalue weighted by Gasteiger charge is 2.18. The van der Waals surface area contributed by atoms with Crippen LogP contribution in [0.5, 0.6) is 0 Å². The van der Waals surface area contributed by atoms with E-state index in [2.05, 4.69) is 10.2 Å². The van der Waals surface area contributed by atoms with Crippen molar-refractivity contribution < 1.29 is 18.7 Å². The first kappa shape index (κ1) is 14.5. The quantitative estimate of drug-likeness (QED) is 0.506. The third-order valence-electron chi connectivity index (χ3n) is 2.24. The third kappa shape index (κ3) is 2.83. The van der Waals surface area contributed by atoms with Crippen molar-refractivity contribution in [2.75, 3.05) is 11.6 Å². The molecule has 0 saturated carbocycles. The van der Waals surface area contributed by atoms with Gasteiger partial charge in [-0.3, -0.25) is 4.79 Å². The number of carbonyl (C=O) groups is 1. The number of nitrogens with two attached hydrogens (primary N) is 1. The summed E-state index contributed by atoms with van der Waals surface area (Å²) < 4.78 is 28.0. The molecular formula is C10H7ClF2N4O2S. The van der Waals surface area contributed by atoms with Gasteiger partial charge in [0, 0.05) is 0 Å². The Labute approximate surface area is 120 Å². The van der Waals surface area contributed by atoms with E-state index in [0.717, 1.165) is 28.6 Å². The monoisotopic (exact) mass is 320 g/mol. The summed E-state index contributed by atoms with van der Waals surface area (Å²) in [6, 6.07) is 1.64. The number of hydrogen-bond donors (Lipinski definition) is 2. The SMILES string of the molecule is Nn1c(SCC(=O)O)nnc1-c1cc(F)c(Cl)cc1F. The molecular weight excluding hydrogens is 314 g/mol. The second-order valence-corrected chi connectivity index (χ2v) is 4.95. The number of rotatable bonds is 4. The van der Waals surface area contributed by atoms with Crippen LogP contribution in [0.4, 0.5) is 8.78 Å². The molecule has 6 nitrogen and oxygen atoms in total. The van der Waals surface area contributed by atoms with E-state index in [1.807, 2.05) is 0 Å². The molecule has 106 valence electrons. The molecule has 3 N–H and O–H groups in total. The third-order valence-corrected chi connectivity index (χ3v) is 3.46. The topological polar surface area (TPSA) is 94.0 Å². The van der Waals surface area contributed by atoms with Crippen LogP contribution in [0.1, 0.15) is 0 Å². The lowest BCUT2D eigenvalue weighted by molar-refractivity contribution is -0.133. The average molecular weight is 321 g/mol. The standard InChI is InChI=1S/C10H7ClF2N4O2S/c11-5-2-6(12)4(1-7(5)13)9-15-16-10(17(9)14)20-3-8(18)19/h1-2H,3,14H2,(H,18,19). The minimum absolute atomic E-state index is 0.0668. The molecule has 1 heterocycles. The first-order chi connectivity index (χ1) is 9.40. The predicted octanol–water partition coefficient (Wildman–Crippen LogP) is 1.77. The number of carboxylic acids is 1. The zero-order chi connectivity index (χ0) is 14.9. The van der Waals surface area contributed by atoms with Crippen molar-refractivity contribution in [3.8, 4) is 11.4 Å². The average Bonchev–Trinajstić information content (AvgIpc) is 2.73. The van der Waals surface area contributed by atoms with Gasteiger partial charge in [-0.05, 0) is 12.1 Å². The van der Waals surface area contributed by atoms with Gasteiger partial charge in [0.15, 0.2) is 5.82 Å². The van der Waals surface area contributed by atoms with Crippen molar-refractivity contribution >= 4 is 29.3 Å². The van der Waals surface area contributed by atoms with E-state index in [1.54, 1.807) is 0 Å². The van der Waals surface area contributed by atoms with Crippen LogP contribution in [0, 0.1) is 11.6 Å². The van der Waals surface area contributed by atoms with E-state index in [-0.39, 0.29) is 27.3 Å². The zero-order valence-electron chi connectivity index (χ0n) is 9.68. The molecule has 0 saturated heterocycles. The maximum atomic E-state index is 13.7. The molecule has 0 fully saturated rings. The lowest BCUT2D eigenvalue weighted by atomic mass is 10.2. The number of thioether (sulfide) groups is 1. The molecule has 0 bridgehead atoms. The van der Waals surface area contributed by atoms with Crippen LogP contribution in [0.25, 0.3) is 11.4 Å². The van der Waals surface area contributed by atoms with Gasteiger partial charge in [0.2, 0.25) is 5.16 Å². The van der Waals surface area contributed by atoms with Crippen LogP contribution >= 0.6 is 23.4 Å². The van der Waals surface area contributed by atoms with Crippen molar-refractivity contribution in [2.45, 2.75) is 5.16 Å². The highest BCUT2D eigenvalue weighted by molar-refractivity contribution is 7.99. The number of nitrogen functional groups attached to an aromatic ring is 1. The first-order valence-electron chi connectivity index (χ1n) is 5.10. The highest BCUT2D eigenvalue weighted by Crippen LogP contribution is 2.27. The number of carboxylic acid groups (broad SMARTS) is 1. The number of aromatic nitrogens is 3. The van der Waals surface area contributed by atoms with Gasteiger partial charge in [-0.15, -0.1) is 10.2 Å². The number of nitrogens with zero attached hydrogens (tertiary/aromatic N) is 3. The summed E-state index contributed by atoms with van der Waals surface area (Å²) in [4.78, 5) is 10.5. The van der Waals surface area contributed by atoms with Gasteiger partial charge in [-0.2, -0.15) is 0 Å². The van der Waals surface area contributed by atoms with E-state index in [0.29, 0.717) is 0 Å². The number of halogens is 3. The molecule has 1 aromatic carbocycles. The summed E-state index contributed by atoms with van der Waals surface area (Å²) in [7, 11) is 0. The van der Waals surface area contributed by atoms with Crippen LogP contribution < -0.4 is 5.84 Å². The van der Waals surface area contributed by atoms with Gasteiger partial charge in [0.1, 0.15) is 11.6 Å². The molecule has 1 aromatic heterocycles. The van der Waals surface area contributed by atoms with Crippen LogP contribution in [0.3, 0.4) is 0 Å². The summed E-state index contributed by atoms with van der Waals surface area (Å²) in [6.07, 6.45) is 0. The maximum Gasteiger partial charge on any atom is 0.313 e. The van der Waals surface area contributed by atoms with E-state index in [9.17, 15) is 13.6 Å². The largest absolute Gasteiger partial charge is 0.481 e. The van der Waals surface area contributed by atoms with Crippen molar-refractivity contribution in [1.82, 2.24) is 14.9 Å². The second-order valence-electron chi connectivity index (χ2n) is 3.60. The minimum atomic E-state index is -1.07. The summed E-state index contributed by atoms with van der Waals surface area (Å²) in [5.41, 5.74) is -0.218. The molecule has 0 atom stereocenters. The van der Waals surface area contributed by atoms with Crippen molar-refractivity contribution in [3.63, 3.8) is 0 Å². The van der Waals surface area contributed by atoms with Crippen molar-refractivity contribution in [1.29, 1.82) is 0 Å². The van der Waals surface area contributed by atoms with Gasteiger partial charge >= 0.3 is 5.97 Å². The maximum absolute atomic E-state index is 13.7. The van der Waals surface area contributed by atoms with Gasteiger partial charge in [0.05, 0.1) is 16.3 Å². The Hall–Kier alpha value is -1.87. The summed E-state index contributed by atoms with van der Waals surface area (Å²) in [6.45, 7) is 0. The second kappa shape index (κ2) is 5.63. The van der Waals surface area contributed by atoms with Gasteiger partial charge in [-0.1, -0.05) is 23.4 Å². The van der Waals surface area contributed by atoms with Gasteiger partial charge in [-0.25, -0.2) is 13.5 Å². The van der Waals surface area contributed by atoms with Gasteiger partial charge < -0.3 is 10.9 Å². The molecule has 2 aromatic rings. The van der Waals surface area contributed by atoms with E-state index in [1.165, 1.54) is 0 Å². The Kier molecular flexibility index (Phi) is 4.09. The fourth-order valence-electron chi connectivity index (χ4n) is 1.38. The predicted molar refractivity (Wildman–Crippen MR) is 68.9 cm³/mol. The van der Waals surface area contributed by atoms with E-state index >= 15 is 0 Å².